The van der Waals surface area contributed by atoms with E-state index < -0.39 is 0 Å². The van der Waals surface area contributed by atoms with E-state index in [1.54, 1.807) is 6.33 Å². The smallest absolute Gasteiger partial charge is 0.0922 e. The van der Waals surface area contributed by atoms with Gasteiger partial charge in [0.2, 0.25) is 0 Å². The second-order valence-electron chi connectivity index (χ2n) is 5.73. The largest absolute Gasteiger partial charge is 0.380 e. The number of aryl methyl sites for hydroxylation is 1. The van der Waals surface area contributed by atoms with Crippen LogP contribution < -0.4 is 0 Å². The molecule has 2 aromatic rings. The lowest BCUT2D eigenvalue weighted by molar-refractivity contribution is 0.121. The van der Waals surface area contributed by atoms with Crippen LogP contribution in [0, 0.1) is 12.8 Å². The third kappa shape index (κ3) is 4.12. The molecule has 1 saturated heterocycles. The Morgan fingerprint density at radius 2 is 2.38 bits per heavy atom. The van der Waals surface area contributed by atoms with Gasteiger partial charge in [0.25, 0.3) is 0 Å². The second kappa shape index (κ2) is 6.83. The summed E-state index contributed by atoms with van der Waals surface area (Å²) in [4.78, 5) is 14.3. The van der Waals surface area contributed by atoms with E-state index in [2.05, 4.69) is 32.0 Å². The first-order chi connectivity index (χ1) is 10.3. The Hall–Kier alpha value is -1.72. The van der Waals surface area contributed by atoms with Gasteiger partial charge < -0.3 is 9.72 Å². The molecule has 1 aliphatic rings. The highest BCUT2D eigenvalue weighted by atomic mass is 16.5. The summed E-state index contributed by atoms with van der Waals surface area (Å²) >= 11 is 0. The Labute approximate surface area is 125 Å². The van der Waals surface area contributed by atoms with Crippen molar-refractivity contribution >= 4 is 0 Å². The lowest BCUT2D eigenvalue weighted by Gasteiger charge is -2.22. The van der Waals surface area contributed by atoms with Gasteiger partial charge in [-0.3, -0.25) is 9.88 Å². The van der Waals surface area contributed by atoms with Crippen LogP contribution in [0.5, 0.6) is 0 Å². The maximum atomic E-state index is 5.76. The van der Waals surface area contributed by atoms with E-state index in [4.69, 9.17) is 4.74 Å². The molecule has 3 rings (SSSR count). The number of imidazole rings is 1. The molecule has 0 unspecified atom stereocenters. The van der Waals surface area contributed by atoms with Crippen LogP contribution in [0.4, 0.5) is 0 Å². The predicted molar refractivity (Wildman–Crippen MR) is 80.9 cm³/mol. The molecule has 0 amide bonds. The molecular weight excluding hydrogens is 264 g/mol. The molecule has 0 radical (unpaired) electrons. The van der Waals surface area contributed by atoms with Gasteiger partial charge in [0.15, 0.2) is 0 Å². The number of nitrogens with one attached hydrogen (secondary N) is 1. The molecule has 1 atom stereocenters. The van der Waals surface area contributed by atoms with Crippen LogP contribution in [0.25, 0.3) is 0 Å². The number of H-pyrrole nitrogens is 1. The topological polar surface area (TPSA) is 54.0 Å². The van der Waals surface area contributed by atoms with Crippen molar-refractivity contribution in [3.8, 4) is 0 Å². The van der Waals surface area contributed by atoms with Crippen molar-refractivity contribution in [1.82, 2.24) is 19.9 Å². The van der Waals surface area contributed by atoms with Crippen molar-refractivity contribution in [2.75, 3.05) is 26.3 Å². The zero-order chi connectivity index (χ0) is 14.5. The van der Waals surface area contributed by atoms with Gasteiger partial charge in [0, 0.05) is 48.8 Å². The number of nitrogens with zero attached hydrogens (tertiary/aromatic N) is 3. The van der Waals surface area contributed by atoms with Crippen molar-refractivity contribution in [1.29, 1.82) is 0 Å². The molecule has 1 aliphatic heterocycles. The highest BCUT2D eigenvalue weighted by Crippen LogP contribution is 2.14. The van der Waals surface area contributed by atoms with Gasteiger partial charge in [0.05, 0.1) is 19.5 Å². The summed E-state index contributed by atoms with van der Waals surface area (Å²) in [7, 11) is 0. The third-order valence-electron chi connectivity index (χ3n) is 3.81. The van der Waals surface area contributed by atoms with E-state index in [-0.39, 0.29) is 0 Å². The zero-order valence-corrected chi connectivity index (χ0v) is 12.5. The van der Waals surface area contributed by atoms with Crippen LogP contribution in [0.2, 0.25) is 0 Å². The van der Waals surface area contributed by atoms with Crippen LogP contribution in [-0.4, -0.2) is 46.2 Å². The van der Waals surface area contributed by atoms with Gasteiger partial charge >= 0.3 is 0 Å². The molecule has 1 fully saturated rings. The van der Waals surface area contributed by atoms with Crippen LogP contribution in [-0.2, 0) is 17.7 Å². The van der Waals surface area contributed by atoms with E-state index in [0.29, 0.717) is 5.92 Å². The Morgan fingerprint density at radius 1 is 1.43 bits per heavy atom. The summed E-state index contributed by atoms with van der Waals surface area (Å²) in [5, 5.41) is 0. The highest BCUT2D eigenvalue weighted by Gasteiger charge is 2.20. The summed E-state index contributed by atoms with van der Waals surface area (Å²) in [6, 6.07) is 6.23. The summed E-state index contributed by atoms with van der Waals surface area (Å²) in [5.41, 5.74) is 3.40. The minimum Gasteiger partial charge on any atom is -0.380 e. The molecule has 0 aliphatic carbocycles. The standard InChI is InChI=1S/C16H22N4O/c1-13-3-2-4-15(19-13)7-14-9-20(5-6-21-11-14)10-16-8-17-12-18-16/h2-4,8,12,14H,5-7,9-11H2,1H3,(H,17,18)/t14-/m1/s1. The molecule has 5 nitrogen and oxygen atoms in total. The summed E-state index contributed by atoms with van der Waals surface area (Å²) in [6.07, 6.45) is 4.60. The Bertz CT molecular complexity index is 555. The molecule has 1 N–H and O–H groups in total. The minimum absolute atomic E-state index is 0.490. The van der Waals surface area contributed by atoms with Gasteiger partial charge in [-0.1, -0.05) is 6.07 Å². The molecule has 0 aromatic carbocycles. The fraction of sp³-hybridized carbons (Fsp3) is 0.500. The van der Waals surface area contributed by atoms with Crippen molar-refractivity contribution in [3.05, 3.63) is 47.8 Å². The monoisotopic (exact) mass is 286 g/mol. The molecule has 21 heavy (non-hydrogen) atoms. The first-order valence-corrected chi connectivity index (χ1v) is 7.49. The quantitative estimate of drug-likeness (QED) is 0.931. The van der Waals surface area contributed by atoms with Crippen LogP contribution in [0.15, 0.2) is 30.7 Å². The first-order valence-electron chi connectivity index (χ1n) is 7.49. The van der Waals surface area contributed by atoms with E-state index >= 15 is 0 Å². The third-order valence-corrected chi connectivity index (χ3v) is 3.81. The highest BCUT2D eigenvalue weighted by molar-refractivity contribution is 5.10. The predicted octanol–water partition coefficient (Wildman–Crippen LogP) is 1.80. The zero-order valence-electron chi connectivity index (χ0n) is 12.5. The summed E-state index contributed by atoms with van der Waals surface area (Å²) in [5.74, 6) is 0.490. The van der Waals surface area contributed by atoms with Gasteiger partial charge in [0.1, 0.15) is 0 Å². The molecule has 0 spiro atoms. The minimum atomic E-state index is 0.490. The number of aromatic nitrogens is 3. The van der Waals surface area contributed by atoms with Gasteiger partial charge in [-0.05, 0) is 25.5 Å². The Kier molecular flexibility index (Phi) is 4.62. The van der Waals surface area contributed by atoms with Crippen molar-refractivity contribution in [3.63, 3.8) is 0 Å². The number of hydrogen-bond acceptors (Lipinski definition) is 4. The molecule has 2 aromatic heterocycles. The number of rotatable bonds is 4. The summed E-state index contributed by atoms with van der Waals surface area (Å²) < 4.78 is 5.76. The van der Waals surface area contributed by atoms with Crippen molar-refractivity contribution in [2.24, 2.45) is 5.92 Å². The van der Waals surface area contributed by atoms with Crippen LogP contribution in [0.1, 0.15) is 17.1 Å². The molecule has 112 valence electrons. The summed E-state index contributed by atoms with van der Waals surface area (Å²) in [6.45, 7) is 6.56. The maximum Gasteiger partial charge on any atom is 0.0922 e. The van der Waals surface area contributed by atoms with Gasteiger partial charge in [-0.15, -0.1) is 0 Å². The molecule has 5 heteroatoms. The van der Waals surface area contributed by atoms with E-state index in [1.165, 1.54) is 0 Å². The molecular formula is C16H22N4O. The molecule has 3 heterocycles. The number of hydrogen-bond donors (Lipinski definition) is 1. The normalized spacial score (nSPS) is 20.3. The second-order valence-corrected chi connectivity index (χ2v) is 5.73. The average molecular weight is 286 g/mol. The molecule has 0 saturated carbocycles. The van der Waals surface area contributed by atoms with Gasteiger partial charge in [-0.25, -0.2) is 4.98 Å². The van der Waals surface area contributed by atoms with Crippen LogP contribution in [0.3, 0.4) is 0 Å². The van der Waals surface area contributed by atoms with Crippen LogP contribution >= 0.6 is 0 Å². The lowest BCUT2D eigenvalue weighted by Crippen LogP contribution is -2.30. The fourth-order valence-corrected chi connectivity index (χ4v) is 2.84. The first kappa shape index (κ1) is 14.2. The van der Waals surface area contributed by atoms with E-state index in [1.807, 2.05) is 19.2 Å². The fourth-order valence-electron chi connectivity index (χ4n) is 2.84. The Balaban J connectivity index is 1.62. The van der Waals surface area contributed by atoms with Gasteiger partial charge in [-0.2, -0.15) is 0 Å². The van der Waals surface area contributed by atoms with E-state index in [9.17, 15) is 0 Å². The van der Waals surface area contributed by atoms with E-state index in [0.717, 1.165) is 56.4 Å². The number of pyridine rings is 1. The number of aromatic amines is 1. The van der Waals surface area contributed by atoms with Crippen molar-refractivity contribution < 1.29 is 4.74 Å². The SMILES string of the molecule is Cc1cccc(C[C@H]2COCCN(Cc3cnc[nH]3)C2)n1. The maximum absolute atomic E-state index is 5.76. The lowest BCUT2D eigenvalue weighted by atomic mass is 10.0. The van der Waals surface area contributed by atoms with Crippen molar-refractivity contribution in [2.45, 2.75) is 19.9 Å². The Morgan fingerprint density at radius 3 is 3.19 bits per heavy atom. The number of ether oxygens (including phenoxy) is 1. The average Bonchev–Trinajstić information content (AvgIpc) is 2.86. The molecule has 0 bridgehead atoms.